The van der Waals surface area contributed by atoms with Gasteiger partial charge in [0, 0.05) is 26.4 Å². The second-order valence-corrected chi connectivity index (χ2v) is 7.29. The second-order valence-electron chi connectivity index (χ2n) is 4.31. The molecule has 0 aliphatic carbocycles. The number of hydrogen-bond acceptors (Lipinski definition) is 3. The van der Waals surface area contributed by atoms with E-state index in [1.807, 2.05) is 6.07 Å². The fraction of sp³-hybridized carbons (Fsp3) is 0.231. The van der Waals surface area contributed by atoms with Gasteiger partial charge in [-0.05, 0) is 40.2 Å². The zero-order valence-corrected chi connectivity index (χ0v) is 13.5. The average Bonchev–Trinajstić information content (AvgIpc) is 2.70. The number of thiophene rings is 1. The molecule has 2 unspecified atom stereocenters. The summed E-state index contributed by atoms with van der Waals surface area (Å²) in [5.41, 5.74) is 0.741. The molecular weight excluding hydrogens is 371 g/mol. The van der Waals surface area contributed by atoms with Crippen molar-refractivity contribution in [1.82, 2.24) is 0 Å². The Labute approximate surface area is 133 Å². The molecule has 0 fully saturated rings. The molecule has 6 heteroatoms. The van der Waals surface area contributed by atoms with E-state index >= 15 is 0 Å². The van der Waals surface area contributed by atoms with Crippen LogP contribution in [0, 0.1) is 0 Å². The summed E-state index contributed by atoms with van der Waals surface area (Å²) >= 11 is 16.8. The van der Waals surface area contributed by atoms with Gasteiger partial charge in [-0.3, -0.25) is 0 Å². The van der Waals surface area contributed by atoms with Crippen LogP contribution in [0.2, 0.25) is 9.36 Å². The minimum atomic E-state index is -0.577. The predicted molar refractivity (Wildman–Crippen MR) is 81.4 cm³/mol. The predicted octanol–water partition coefficient (Wildman–Crippen LogP) is 5.37. The molecule has 0 spiro atoms. The van der Waals surface area contributed by atoms with Crippen LogP contribution in [-0.2, 0) is 0 Å². The standard InChI is InChI=1S/C13H9BrCl2O2S/c14-8-4-12(19-13(8)16)11-5-9(17)7-3-6(15)1-2-10(7)18-11/h1-4,9,11,17H,5H2. The smallest absolute Gasteiger partial charge is 0.136 e. The lowest BCUT2D eigenvalue weighted by atomic mass is 9.98. The van der Waals surface area contributed by atoms with Crippen LogP contribution in [0.5, 0.6) is 5.75 Å². The third-order valence-electron chi connectivity index (χ3n) is 3.02. The van der Waals surface area contributed by atoms with Crippen LogP contribution in [-0.4, -0.2) is 5.11 Å². The number of fused-ring (bicyclic) bond motifs is 1. The van der Waals surface area contributed by atoms with Crippen LogP contribution in [0.1, 0.15) is 29.1 Å². The topological polar surface area (TPSA) is 29.5 Å². The third-order valence-corrected chi connectivity index (χ3v) is 5.82. The summed E-state index contributed by atoms with van der Waals surface area (Å²) in [6.45, 7) is 0. The largest absolute Gasteiger partial charge is 0.484 e. The van der Waals surface area contributed by atoms with E-state index in [-0.39, 0.29) is 6.10 Å². The zero-order chi connectivity index (χ0) is 13.6. The first-order valence-electron chi connectivity index (χ1n) is 5.63. The van der Waals surface area contributed by atoms with Gasteiger partial charge in [-0.2, -0.15) is 0 Å². The highest BCUT2D eigenvalue weighted by Gasteiger charge is 2.29. The SMILES string of the molecule is OC1CC(c2cc(Br)c(Cl)s2)Oc2ccc(Cl)cc21. The molecule has 2 atom stereocenters. The van der Waals surface area contributed by atoms with Gasteiger partial charge >= 0.3 is 0 Å². The molecule has 1 aromatic heterocycles. The summed E-state index contributed by atoms with van der Waals surface area (Å²) in [6.07, 6.45) is -0.263. The fourth-order valence-corrected chi connectivity index (χ4v) is 4.07. The van der Waals surface area contributed by atoms with Gasteiger partial charge in [0.15, 0.2) is 0 Å². The van der Waals surface area contributed by atoms with Crippen LogP contribution >= 0.6 is 50.5 Å². The molecule has 2 nitrogen and oxygen atoms in total. The number of halogens is 3. The van der Waals surface area contributed by atoms with Gasteiger partial charge in [-0.15, -0.1) is 11.3 Å². The van der Waals surface area contributed by atoms with Gasteiger partial charge < -0.3 is 9.84 Å². The van der Waals surface area contributed by atoms with E-state index in [1.54, 1.807) is 18.2 Å². The molecule has 1 aromatic carbocycles. The highest BCUT2D eigenvalue weighted by molar-refractivity contribution is 9.10. The van der Waals surface area contributed by atoms with E-state index in [2.05, 4.69) is 15.9 Å². The normalized spacial score (nSPS) is 21.9. The van der Waals surface area contributed by atoms with Crippen molar-refractivity contribution in [3.63, 3.8) is 0 Å². The van der Waals surface area contributed by atoms with Crippen LogP contribution < -0.4 is 4.74 Å². The Hall–Kier alpha value is -0.260. The van der Waals surface area contributed by atoms with Crippen molar-refractivity contribution in [2.75, 3.05) is 0 Å². The van der Waals surface area contributed by atoms with Crippen molar-refractivity contribution in [2.45, 2.75) is 18.6 Å². The van der Waals surface area contributed by atoms with E-state index < -0.39 is 6.10 Å². The van der Waals surface area contributed by atoms with E-state index in [1.165, 1.54) is 11.3 Å². The first kappa shape index (κ1) is 13.7. The third kappa shape index (κ3) is 2.65. The Bertz CT molecular complexity index is 610. The molecule has 0 amide bonds. The van der Waals surface area contributed by atoms with Crippen LogP contribution in [0.3, 0.4) is 0 Å². The molecule has 0 bridgehead atoms. The van der Waals surface area contributed by atoms with Crippen LogP contribution in [0.4, 0.5) is 0 Å². The van der Waals surface area contributed by atoms with Gasteiger partial charge in [0.05, 0.1) is 6.10 Å². The summed E-state index contributed by atoms with van der Waals surface area (Å²) in [5, 5.41) is 10.8. The van der Waals surface area contributed by atoms with Gasteiger partial charge in [-0.1, -0.05) is 23.2 Å². The lowest BCUT2D eigenvalue weighted by Gasteiger charge is -2.29. The molecule has 2 aromatic rings. The van der Waals surface area contributed by atoms with Crippen molar-refractivity contribution in [1.29, 1.82) is 0 Å². The lowest BCUT2D eigenvalue weighted by Crippen LogP contribution is -2.18. The van der Waals surface area contributed by atoms with Crippen LogP contribution in [0.15, 0.2) is 28.7 Å². The quantitative estimate of drug-likeness (QED) is 0.721. The van der Waals surface area contributed by atoms with E-state index in [0.29, 0.717) is 21.5 Å². The fourth-order valence-electron chi connectivity index (χ4n) is 2.11. The first-order chi connectivity index (χ1) is 9.04. The maximum absolute atomic E-state index is 10.2. The summed E-state index contributed by atoms with van der Waals surface area (Å²) in [4.78, 5) is 0.997. The summed E-state index contributed by atoms with van der Waals surface area (Å²) in [5.74, 6) is 0.675. The molecule has 2 heterocycles. The summed E-state index contributed by atoms with van der Waals surface area (Å²) < 4.78 is 7.47. The number of ether oxygens (including phenoxy) is 1. The molecule has 19 heavy (non-hydrogen) atoms. The maximum atomic E-state index is 10.2. The summed E-state index contributed by atoms with van der Waals surface area (Å²) in [7, 11) is 0. The first-order valence-corrected chi connectivity index (χ1v) is 8.00. The monoisotopic (exact) mass is 378 g/mol. The van der Waals surface area contributed by atoms with Crippen molar-refractivity contribution in [2.24, 2.45) is 0 Å². The lowest BCUT2D eigenvalue weighted by molar-refractivity contribution is 0.0674. The zero-order valence-electron chi connectivity index (χ0n) is 9.57. The molecular formula is C13H9BrCl2O2S. The molecule has 1 N–H and O–H groups in total. The molecule has 3 rings (SSSR count). The average molecular weight is 380 g/mol. The van der Waals surface area contributed by atoms with Gasteiger partial charge in [0.25, 0.3) is 0 Å². The van der Waals surface area contributed by atoms with E-state index in [4.69, 9.17) is 27.9 Å². The molecule has 0 radical (unpaired) electrons. The molecule has 0 saturated carbocycles. The number of aliphatic hydroxyl groups excluding tert-OH is 1. The van der Waals surface area contributed by atoms with E-state index in [0.717, 1.165) is 14.9 Å². The Morgan fingerprint density at radius 2 is 2.11 bits per heavy atom. The number of benzene rings is 1. The number of rotatable bonds is 1. The highest BCUT2D eigenvalue weighted by atomic mass is 79.9. The second kappa shape index (κ2) is 5.26. The molecule has 100 valence electrons. The van der Waals surface area contributed by atoms with E-state index in [9.17, 15) is 5.11 Å². The number of aliphatic hydroxyl groups is 1. The van der Waals surface area contributed by atoms with Crippen molar-refractivity contribution >= 4 is 50.5 Å². The van der Waals surface area contributed by atoms with Gasteiger partial charge in [0.2, 0.25) is 0 Å². The Kier molecular flexibility index (Phi) is 3.80. The van der Waals surface area contributed by atoms with Crippen molar-refractivity contribution in [3.8, 4) is 5.75 Å². The Balaban J connectivity index is 1.94. The Morgan fingerprint density at radius 3 is 2.79 bits per heavy atom. The van der Waals surface area contributed by atoms with Gasteiger partial charge in [-0.25, -0.2) is 0 Å². The molecule has 1 aliphatic heterocycles. The minimum Gasteiger partial charge on any atom is -0.484 e. The number of hydrogen-bond donors (Lipinski definition) is 1. The van der Waals surface area contributed by atoms with Crippen LogP contribution in [0.25, 0.3) is 0 Å². The maximum Gasteiger partial charge on any atom is 0.136 e. The van der Waals surface area contributed by atoms with Crippen molar-refractivity contribution < 1.29 is 9.84 Å². The highest BCUT2D eigenvalue weighted by Crippen LogP contribution is 2.45. The Morgan fingerprint density at radius 1 is 1.32 bits per heavy atom. The van der Waals surface area contributed by atoms with Crippen molar-refractivity contribution in [3.05, 3.63) is 48.5 Å². The molecule has 1 aliphatic rings. The summed E-state index contributed by atoms with van der Waals surface area (Å²) in [6, 6.07) is 7.23. The molecule has 0 saturated heterocycles. The van der Waals surface area contributed by atoms with Gasteiger partial charge in [0.1, 0.15) is 16.2 Å². The minimum absolute atomic E-state index is 0.183.